The zero-order chi connectivity index (χ0) is 19.6. The van der Waals surface area contributed by atoms with Crippen molar-refractivity contribution in [3.05, 3.63) is 24.3 Å². The van der Waals surface area contributed by atoms with Crippen molar-refractivity contribution < 1.29 is 9.53 Å². The molecule has 0 fully saturated rings. The summed E-state index contributed by atoms with van der Waals surface area (Å²) in [6.07, 6.45) is 3.30. The summed E-state index contributed by atoms with van der Waals surface area (Å²) >= 11 is 1.31. The molecule has 2 aromatic rings. The lowest BCUT2D eigenvalue weighted by molar-refractivity contribution is -0.119. The zero-order valence-electron chi connectivity index (χ0n) is 16.5. The average Bonchev–Trinajstić information content (AvgIpc) is 3.09. The molecular weight excluding hydrogens is 362 g/mol. The number of rotatable bonds is 11. The average molecular weight is 392 g/mol. The highest BCUT2D eigenvalue weighted by molar-refractivity contribution is 7.99. The number of amides is 1. The van der Waals surface area contributed by atoms with Gasteiger partial charge in [0.15, 0.2) is 0 Å². The van der Waals surface area contributed by atoms with Crippen LogP contribution < -0.4 is 10.1 Å². The molecule has 7 nitrogen and oxygen atoms in total. The van der Waals surface area contributed by atoms with Gasteiger partial charge in [0.05, 0.1) is 12.4 Å². The summed E-state index contributed by atoms with van der Waals surface area (Å²) in [7, 11) is 0. The first-order chi connectivity index (χ1) is 13.0. The molecule has 1 amide bonds. The summed E-state index contributed by atoms with van der Waals surface area (Å²) < 4.78 is 7.25. The molecule has 2 rings (SSSR count). The minimum absolute atomic E-state index is 0.00955. The van der Waals surface area contributed by atoms with Gasteiger partial charge >= 0.3 is 0 Å². The Morgan fingerprint density at radius 2 is 2.04 bits per heavy atom. The van der Waals surface area contributed by atoms with Gasteiger partial charge in [-0.05, 0) is 48.7 Å². The summed E-state index contributed by atoms with van der Waals surface area (Å²) in [4.78, 5) is 12.2. The van der Waals surface area contributed by atoms with Crippen LogP contribution in [0.5, 0.6) is 5.75 Å². The minimum Gasteiger partial charge on any atom is -0.492 e. The topological polar surface area (TPSA) is 81.9 Å². The van der Waals surface area contributed by atoms with Crippen molar-refractivity contribution in [1.82, 2.24) is 25.5 Å². The number of hydrogen-bond donors (Lipinski definition) is 1. The Kier molecular flexibility index (Phi) is 8.57. The van der Waals surface area contributed by atoms with Gasteiger partial charge in [-0.15, -0.1) is 5.10 Å². The number of aromatic nitrogens is 4. The molecule has 8 heteroatoms. The van der Waals surface area contributed by atoms with Gasteiger partial charge in [0.2, 0.25) is 11.1 Å². The quantitative estimate of drug-likeness (QED) is 0.591. The van der Waals surface area contributed by atoms with Crippen LogP contribution in [0.25, 0.3) is 5.69 Å². The number of ether oxygens (including phenoxy) is 1. The van der Waals surface area contributed by atoms with Gasteiger partial charge in [-0.1, -0.05) is 50.6 Å². The van der Waals surface area contributed by atoms with E-state index in [2.05, 4.69) is 34.7 Å². The number of para-hydroxylation sites is 2. The van der Waals surface area contributed by atoms with Gasteiger partial charge in [-0.25, -0.2) is 0 Å². The molecule has 1 N–H and O–H groups in total. The maximum Gasteiger partial charge on any atom is 0.230 e. The number of carbonyl (C=O) groups is 1. The molecule has 27 heavy (non-hydrogen) atoms. The Morgan fingerprint density at radius 3 is 2.78 bits per heavy atom. The van der Waals surface area contributed by atoms with Gasteiger partial charge in [0, 0.05) is 6.04 Å². The van der Waals surface area contributed by atoms with Crippen LogP contribution in [-0.4, -0.2) is 44.5 Å². The van der Waals surface area contributed by atoms with E-state index in [9.17, 15) is 4.79 Å². The van der Waals surface area contributed by atoms with Crippen LogP contribution in [0.15, 0.2) is 29.4 Å². The highest BCUT2D eigenvalue weighted by Gasteiger charge is 2.15. The second-order valence-electron chi connectivity index (χ2n) is 6.86. The van der Waals surface area contributed by atoms with Crippen molar-refractivity contribution >= 4 is 17.7 Å². The molecule has 1 aromatic heterocycles. The molecule has 1 heterocycles. The Hall–Kier alpha value is -2.09. The molecule has 0 aliphatic carbocycles. The molecule has 0 saturated heterocycles. The zero-order valence-corrected chi connectivity index (χ0v) is 17.3. The highest BCUT2D eigenvalue weighted by atomic mass is 32.2. The molecule has 0 aliphatic rings. The summed E-state index contributed by atoms with van der Waals surface area (Å²) in [5.74, 6) is 1.66. The number of tetrazole rings is 1. The SMILES string of the molecule is CCOc1ccccc1-n1nnnc1SCC(=O)NC(C)CCCC(C)C. The third kappa shape index (κ3) is 6.86. The fourth-order valence-corrected chi connectivity index (χ4v) is 3.38. The highest BCUT2D eigenvalue weighted by Crippen LogP contribution is 2.25. The molecule has 0 saturated carbocycles. The molecule has 1 atom stereocenters. The molecule has 1 aromatic carbocycles. The predicted molar refractivity (Wildman–Crippen MR) is 107 cm³/mol. The van der Waals surface area contributed by atoms with E-state index in [4.69, 9.17) is 4.74 Å². The lowest BCUT2D eigenvalue weighted by atomic mass is 10.0. The monoisotopic (exact) mass is 391 g/mol. The fourth-order valence-electron chi connectivity index (χ4n) is 2.68. The number of hydrogen-bond acceptors (Lipinski definition) is 6. The van der Waals surface area contributed by atoms with Crippen molar-refractivity contribution in [3.63, 3.8) is 0 Å². The minimum atomic E-state index is -0.00955. The van der Waals surface area contributed by atoms with Crippen molar-refractivity contribution in [1.29, 1.82) is 0 Å². The maximum absolute atomic E-state index is 12.2. The molecule has 0 bridgehead atoms. The van der Waals surface area contributed by atoms with Crippen molar-refractivity contribution in [2.45, 2.75) is 58.2 Å². The van der Waals surface area contributed by atoms with Crippen molar-refractivity contribution in [2.24, 2.45) is 5.92 Å². The van der Waals surface area contributed by atoms with Gasteiger partial charge in [-0.2, -0.15) is 4.68 Å². The van der Waals surface area contributed by atoms with Gasteiger partial charge in [-0.3, -0.25) is 4.79 Å². The first kappa shape index (κ1) is 21.2. The summed E-state index contributed by atoms with van der Waals surface area (Å²) in [5, 5.41) is 15.4. The van der Waals surface area contributed by atoms with Crippen molar-refractivity contribution in [3.8, 4) is 11.4 Å². The number of nitrogens with zero attached hydrogens (tertiary/aromatic N) is 4. The van der Waals surface area contributed by atoms with Crippen LogP contribution in [0.1, 0.15) is 47.0 Å². The molecule has 1 unspecified atom stereocenters. The number of nitrogens with one attached hydrogen (secondary N) is 1. The second-order valence-corrected chi connectivity index (χ2v) is 7.80. The van der Waals surface area contributed by atoms with E-state index in [1.165, 1.54) is 18.2 Å². The first-order valence-electron chi connectivity index (χ1n) is 9.44. The Labute approximate surface area is 165 Å². The van der Waals surface area contributed by atoms with E-state index in [1.807, 2.05) is 38.1 Å². The molecule has 148 valence electrons. The number of thioether (sulfide) groups is 1. The Morgan fingerprint density at radius 1 is 1.26 bits per heavy atom. The Bertz CT molecular complexity index is 720. The van der Waals surface area contributed by atoms with Gasteiger partial charge in [0.25, 0.3) is 0 Å². The van der Waals surface area contributed by atoms with Crippen LogP contribution in [0.3, 0.4) is 0 Å². The van der Waals surface area contributed by atoms with Gasteiger partial charge in [0.1, 0.15) is 11.4 Å². The van der Waals surface area contributed by atoms with E-state index in [-0.39, 0.29) is 17.7 Å². The van der Waals surface area contributed by atoms with E-state index < -0.39 is 0 Å². The lowest BCUT2D eigenvalue weighted by Crippen LogP contribution is -2.33. The maximum atomic E-state index is 12.2. The van der Waals surface area contributed by atoms with Crippen molar-refractivity contribution in [2.75, 3.05) is 12.4 Å². The number of benzene rings is 1. The van der Waals surface area contributed by atoms with E-state index >= 15 is 0 Å². The third-order valence-electron chi connectivity index (χ3n) is 3.99. The molecule has 0 aliphatic heterocycles. The van der Waals surface area contributed by atoms with Gasteiger partial charge < -0.3 is 10.1 Å². The smallest absolute Gasteiger partial charge is 0.230 e. The van der Waals surface area contributed by atoms with E-state index in [1.54, 1.807) is 4.68 Å². The summed E-state index contributed by atoms with van der Waals surface area (Å²) in [5.41, 5.74) is 0.759. The fraction of sp³-hybridized carbons (Fsp3) is 0.579. The predicted octanol–water partition coefficient (Wildman–Crippen LogP) is 3.48. The third-order valence-corrected chi connectivity index (χ3v) is 4.91. The van der Waals surface area contributed by atoms with E-state index in [0.29, 0.717) is 23.4 Å². The van der Waals surface area contributed by atoms with E-state index in [0.717, 1.165) is 18.5 Å². The van der Waals surface area contributed by atoms with Crippen LogP contribution in [0, 0.1) is 5.92 Å². The van der Waals surface area contributed by atoms with Crippen LogP contribution >= 0.6 is 11.8 Å². The summed E-state index contributed by atoms with van der Waals surface area (Å²) in [6.45, 7) is 8.96. The normalized spacial score (nSPS) is 12.2. The van der Waals surface area contributed by atoms with Crippen LogP contribution in [0.2, 0.25) is 0 Å². The Balaban J connectivity index is 1.91. The second kappa shape index (κ2) is 10.9. The standard InChI is InChI=1S/C19H29N5O2S/c1-5-26-17-12-7-6-11-16(17)24-19(21-22-23-24)27-13-18(25)20-15(4)10-8-9-14(2)3/h6-7,11-12,14-15H,5,8-10,13H2,1-4H3,(H,20,25). The van der Waals surface area contributed by atoms with Crippen LogP contribution in [0.4, 0.5) is 0 Å². The lowest BCUT2D eigenvalue weighted by Gasteiger charge is -2.14. The van der Waals surface area contributed by atoms with Crippen LogP contribution in [-0.2, 0) is 4.79 Å². The summed E-state index contributed by atoms with van der Waals surface area (Å²) in [6, 6.07) is 7.74. The molecule has 0 spiro atoms. The molecule has 0 radical (unpaired) electrons. The number of carbonyl (C=O) groups excluding carboxylic acids is 1. The molecular formula is C19H29N5O2S. The first-order valence-corrected chi connectivity index (χ1v) is 10.4. The largest absolute Gasteiger partial charge is 0.492 e.